The first kappa shape index (κ1) is 9.62. The van der Waals surface area contributed by atoms with E-state index in [0.29, 0.717) is 34.4 Å². The fourth-order valence-electron chi connectivity index (χ4n) is 4.73. The van der Waals surface area contributed by atoms with Crippen molar-refractivity contribution in [3.8, 4) is 0 Å². The van der Waals surface area contributed by atoms with E-state index in [0.717, 1.165) is 6.42 Å². The van der Waals surface area contributed by atoms with Gasteiger partial charge < -0.3 is 0 Å². The van der Waals surface area contributed by atoms with Crippen LogP contribution < -0.4 is 0 Å². The summed E-state index contributed by atoms with van der Waals surface area (Å²) in [6, 6.07) is 0. The van der Waals surface area contributed by atoms with Crippen molar-refractivity contribution in [2.45, 2.75) is 40.0 Å². The summed E-state index contributed by atoms with van der Waals surface area (Å²) < 4.78 is 0. The lowest BCUT2D eigenvalue weighted by Crippen LogP contribution is -2.33. The largest absolute Gasteiger partial charge is 0.295 e. The second-order valence-corrected chi connectivity index (χ2v) is 6.39. The van der Waals surface area contributed by atoms with Gasteiger partial charge in [0.15, 0.2) is 5.78 Å². The lowest BCUT2D eigenvalue weighted by Gasteiger charge is -2.35. The van der Waals surface area contributed by atoms with E-state index >= 15 is 0 Å². The van der Waals surface area contributed by atoms with Crippen LogP contribution in [-0.2, 0) is 4.79 Å². The van der Waals surface area contributed by atoms with E-state index in [2.05, 4.69) is 26.8 Å². The summed E-state index contributed by atoms with van der Waals surface area (Å²) in [5.41, 5.74) is 0.748. The van der Waals surface area contributed by atoms with E-state index in [4.69, 9.17) is 0 Å². The molecule has 4 unspecified atom stereocenters. The molecule has 0 spiro atoms. The monoisotopic (exact) mass is 204 g/mol. The molecule has 0 aromatic rings. The summed E-state index contributed by atoms with van der Waals surface area (Å²) in [7, 11) is 0. The highest BCUT2D eigenvalue weighted by Gasteiger charge is 2.66. The molecule has 3 aliphatic carbocycles. The predicted molar refractivity (Wildman–Crippen MR) is 60.4 cm³/mol. The Balaban J connectivity index is 2.13. The molecule has 2 saturated carbocycles. The number of carbonyl (C=O) groups is 1. The minimum atomic E-state index is 0.302. The molecule has 0 N–H and O–H groups in total. The molecule has 3 rings (SSSR count). The van der Waals surface area contributed by atoms with Crippen molar-refractivity contribution < 1.29 is 4.79 Å². The average molecular weight is 204 g/mol. The standard InChI is InChI=1S/C14H20O/c1-9(2)14-7-6-13(3)10(8-14)11(15)4-5-12(13)14/h4-5,9-10,12H,6-8H2,1-3H3. The maximum Gasteiger partial charge on any atom is 0.159 e. The van der Waals surface area contributed by atoms with Crippen molar-refractivity contribution in [3.63, 3.8) is 0 Å². The molecule has 0 amide bonds. The second kappa shape index (κ2) is 2.56. The highest BCUT2D eigenvalue weighted by molar-refractivity contribution is 5.94. The molecule has 1 nitrogen and oxygen atoms in total. The Kier molecular flexibility index (Phi) is 1.64. The van der Waals surface area contributed by atoms with Crippen LogP contribution in [-0.4, -0.2) is 5.78 Å². The van der Waals surface area contributed by atoms with E-state index in [9.17, 15) is 4.79 Å². The molecule has 0 saturated heterocycles. The molecule has 1 heteroatoms. The molecule has 0 aromatic heterocycles. The lowest BCUT2D eigenvalue weighted by molar-refractivity contribution is -0.122. The Labute approximate surface area is 91.9 Å². The summed E-state index contributed by atoms with van der Waals surface area (Å²) >= 11 is 0. The number of allylic oxidation sites excluding steroid dienone is 2. The topological polar surface area (TPSA) is 17.1 Å². The summed E-state index contributed by atoms with van der Waals surface area (Å²) in [5, 5.41) is 0. The van der Waals surface area contributed by atoms with Gasteiger partial charge in [-0.3, -0.25) is 4.79 Å². The van der Waals surface area contributed by atoms with Crippen molar-refractivity contribution in [2.24, 2.45) is 28.6 Å². The van der Waals surface area contributed by atoms with E-state index in [-0.39, 0.29) is 0 Å². The number of carbonyl (C=O) groups excluding carboxylic acids is 1. The van der Waals surface area contributed by atoms with Gasteiger partial charge in [0.05, 0.1) is 0 Å². The maximum atomic E-state index is 11.9. The quantitative estimate of drug-likeness (QED) is 0.641. The Bertz CT molecular complexity index is 354. The van der Waals surface area contributed by atoms with Crippen molar-refractivity contribution in [1.82, 2.24) is 0 Å². The van der Waals surface area contributed by atoms with E-state index in [1.807, 2.05) is 6.08 Å². The van der Waals surface area contributed by atoms with Gasteiger partial charge in [-0.25, -0.2) is 0 Å². The number of ketones is 1. The third kappa shape index (κ3) is 0.885. The molecule has 3 aliphatic rings. The minimum absolute atomic E-state index is 0.302. The van der Waals surface area contributed by atoms with Crippen LogP contribution in [0.4, 0.5) is 0 Å². The highest BCUT2D eigenvalue weighted by Crippen LogP contribution is 2.72. The second-order valence-electron chi connectivity index (χ2n) is 6.39. The molecule has 82 valence electrons. The van der Waals surface area contributed by atoms with Crippen LogP contribution in [0.2, 0.25) is 0 Å². The number of hydrogen-bond donors (Lipinski definition) is 0. The molecule has 2 fully saturated rings. The smallest absolute Gasteiger partial charge is 0.159 e. The van der Waals surface area contributed by atoms with Gasteiger partial charge in [0, 0.05) is 5.92 Å². The zero-order valence-corrected chi connectivity index (χ0v) is 9.92. The zero-order chi connectivity index (χ0) is 10.8. The third-order valence-electron chi connectivity index (χ3n) is 5.79. The molecular formula is C14H20O. The molecule has 0 aromatic carbocycles. The normalized spacial score (nSPS) is 51.9. The first-order valence-electron chi connectivity index (χ1n) is 6.23. The Hall–Kier alpha value is -0.590. The SMILES string of the molecule is CC(C)C12CCC3(C)C(C1)C(=O)C=CC32. The average Bonchev–Trinajstić information content (AvgIpc) is 2.54. The van der Waals surface area contributed by atoms with Crippen LogP contribution in [0.15, 0.2) is 12.2 Å². The lowest BCUT2D eigenvalue weighted by atomic mass is 9.69. The van der Waals surface area contributed by atoms with Crippen molar-refractivity contribution in [3.05, 3.63) is 12.2 Å². The maximum absolute atomic E-state index is 11.9. The third-order valence-corrected chi connectivity index (χ3v) is 5.79. The van der Waals surface area contributed by atoms with Crippen LogP contribution in [0.5, 0.6) is 0 Å². The Morgan fingerprint density at radius 1 is 1.40 bits per heavy atom. The van der Waals surface area contributed by atoms with Crippen molar-refractivity contribution in [2.75, 3.05) is 0 Å². The predicted octanol–water partition coefficient (Wildman–Crippen LogP) is 3.20. The summed E-state index contributed by atoms with van der Waals surface area (Å²) in [6.45, 7) is 7.02. The van der Waals surface area contributed by atoms with Gasteiger partial charge in [-0.05, 0) is 48.0 Å². The van der Waals surface area contributed by atoms with Gasteiger partial charge >= 0.3 is 0 Å². The van der Waals surface area contributed by atoms with Gasteiger partial charge in [0.1, 0.15) is 0 Å². The van der Waals surface area contributed by atoms with Crippen LogP contribution in [0.3, 0.4) is 0 Å². The number of hydrogen-bond acceptors (Lipinski definition) is 1. The molecule has 0 aliphatic heterocycles. The van der Waals surface area contributed by atoms with Crippen molar-refractivity contribution in [1.29, 1.82) is 0 Å². The molecule has 15 heavy (non-hydrogen) atoms. The van der Waals surface area contributed by atoms with Gasteiger partial charge in [-0.2, -0.15) is 0 Å². The van der Waals surface area contributed by atoms with E-state index in [1.165, 1.54) is 12.8 Å². The molecule has 4 bridgehead atoms. The first-order valence-corrected chi connectivity index (χ1v) is 6.23. The summed E-state index contributed by atoms with van der Waals surface area (Å²) in [6.07, 6.45) is 7.85. The van der Waals surface area contributed by atoms with Crippen LogP contribution >= 0.6 is 0 Å². The highest BCUT2D eigenvalue weighted by atomic mass is 16.1. The molecule has 4 atom stereocenters. The van der Waals surface area contributed by atoms with E-state index < -0.39 is 0 Å². The summed E-state index contributed by atoms with van der Waals surface area (Å²) in [5.74, 6) is 2.12. The molecule has 0 radical (unpaired) electrons. The first-order chi connectivity index (χ1) is 7.01. The van der Waals surface area contributed by atoms with E-state index in [1.54, 1.807) is 0 Å². The Morgan fingerprint density at radius 3 is 2.73 bits per heavy atom. The summed E-state index contributed by atoms with van der Waals surface area (Å²) in [4.78, 5) is 11.9. The number of rotatable bonds is 1. The Morgan fingerprint density at radius 2 is 2.13 bits per heavy atom. The van der Waals surface area contributed by atoms with Gasteiger partial charge in [-0.15, -0.1) is 0 Å². The fraction of sp³-hybridized carbons (Fsp3) is 0.786. The minimum Gasteiger partial charge on any atom is -0.295 e. The zero-order valence-electron chi connectivity index (χ0n) is 9.92. The van der Waals surface area contributed by atoms with Crippen LogP contribution in [0.1, 0.15) is 40.0 Å². The van der Waals surface area contributed by atoms with Crippen LogP contribution in [0.25, 0.3) is 0 Å². The van der Waals surface area contributed by atoms with Gasteiger partial charge in [-0.1, -0.05) is 26.8 Å². The van der Waals surface area contributed by atoms with Gasteiger partial charge in [0.25, 0.3) is 0 Å². The molecular weight excluding hydrogens is 184 g/mol. The van der Waals surface area contributed by atoms with Gasteiger partial charge in [0.2, 0.25) is 0 Å². The molecule has 0 heterocycles. The van der Waals surface area contributed by atoms with Crippen LogP contribution in [0, 0.1) is 28.6 Å². The van der Waals surface area contributed by atoms with Crippen molar-refractivity contribution >= 4 is 5.78 Å². The fourth-order valence-corrected chi connectivity index (χ4v) is 4.73.